The summed E-state index contributed by atoms with van der Waals surface area (Å²) in [6.45, 7) is 2.03. The van der Waals surface area contributed by atoms with Crippen LogP contribution >= 0.6 is 0 Å². The molecule has 1 fully saturated rings. The summed E-state index contributed by atoms with van der Waals surface area (Å²) >= 11 is 0. The summed E-state index contributed by atoms with van der Waals surface area (Å²) < 4.78 is 0. The molecule has 0 aliphatic heterocycles. The first-order valence-corrected chi connectivity index (χ1v) is 3.80. The second-order valence-corrected chi connectivity index (χ2v) is 3.04. The van der Waals surface area contributed by atoms with E-state index in [0.29, 0.717) is 11.8 Å². The Morgan fingerprint density at radius 1 is 1.44 bits per heavy atom. The van der Waals surface area contributed by atoms with Crippen LogP contribution in [-0.2, 0) is 4.79 Å². The van der Waals surface area contributed by atoms with Gasteiger partial charge >= 0.3 is 0 Å². The SMILES string of the molecule is C[C@@H](C=O)C1CCCC1. The zero-order valence-corrected chi connectivity index (χ0v) is 5.97. The third-order valence-electron chi connectivity index (χ3n) is 2.36. The van der Waals surface area contributed by atoms with Gasteiger partial charge < -0.3 is 4.79 Å². The van der Waals surface area contributed by atoms with Crippen LogP contribution in [0.4, 0.5) is 0 Å². The molecular weight excluding hydrogens is 112 g/mol. The van der Waals surface area contributed by atoms with E-state index in [1.807, 2.05) is 6.92 Å². The van der Waals surface area contributed by atoms with E-state index in [-0.39, 0.29) is 0 Å². The molecule has 0 N–H and O–H groups in total. The maximum absolute atomic E-state index is 10.3. The first kappa shape index (κ1) is 6.79. The number of aldehydes is 1. The van der Waals surface area contributed by atoms with Crippen LogP contribution in [0.2, 0.25) is 0 Å². The molecular formula is C8H14O. The van der Waals surface area contributed by atoms with Crippen molar-refractivity contribution >= 4 is 6.29 Å². The summed E-state index contributed by atoms with van der Waals surface area (Å²) in [5, 5.41) is 0. The van der Waals surface area contributed by atoms with Crippen molar-refractivity contribution in [3.63, 3.8) is 0 Å². The third kappa shape index (κ3) is 1.54. The lowest BCUT2D eigenvalue weighted by molar-refractivity contribution is -0.111. The van der Waals surface area contributed by atoms with Crippen LogP contribution in [-0.4, -0.2) is 6.29 Å². The van der Waals surface area contributed by atoms with Crippen molar-refractivity contribution in [3.8, 4) is 0 Å². The lowest BCUT2D eigenvalue weighted by Gasteiger charge is -2.10. The molecule has 1 aliphatic rings. The number of rotatable bonds is 2. The number of hydrogen-bond acceptors (Lipinski definition) is 1. The van der Waals surface area contributed by atoms with Gasteiger partial charge in [0, 0.05) is 5.92 Å². The minimum Gasteiger partial charge on any atom is -0.303 e. The Balaban J connectivity index is 2.32. The molecule has 9 heavy (non-hydrogen) atoms. The van der Waals surface area contributed by atoms with E-state index in [9.17, 15) is 4.79 Å². The first-order chi connectivity index (χ1) is 4.34. The molecule has 0 spiro atoms. The molecule has 1 aliphatic carbocycles. The Labute approximate surface area is 56.4 Å². The van der Waals surface area contributed by atoms with Gasteiger partial charge in [0.2, 0.25) is 0 Å². The Kier molecular flexibility index (Phi) is 2.26. The normalized spacial score (nSPS) is 24.1. The van der Waals surface area contributed by atoms with Gasteiger partial charge in [-0.25, -0.2) is 0 Å². The average molecular weight is 126 g/mol. The zero-order valence-electron chi connectivity index (χ0n) is 5.97. The fourth-order valence-corrected chi connectivity index (χ4v) is 1.59. The molecule has 1 heteroatoms. The van der Waals surface area contributed by atoms with Gasteiger partial charge in [-0.15, -0.1) is 0 Å². The molecule has 1 nitrogen and oxygen atoms in total. The highest BCUT2D eigenvalue weighted by Crippen LogP contribution is 2.29. The minimum atomic E-state index is 0.312. The van der Waals surface area contributed by atoms with E-state index in [1.54, 1.807) is 0 Å². The van der Waals surface area contributed by atoms with Crippen LogP contribution in [0.5, 0.6) is 0 Å². The molecule has 0 aromatic heterocycles. The van der Waals surface area contributed by atoms with Gasteiger partial charge in [-0.1, -0.05) is 19.8 Å². The number of hydrogen-bond donors (Lipinski definition) is 0. The lowest BCUT2D eigenvalue weighted by Crippen LogP contribution is -2.07. The van der Waals surface area contributed by atoms with Crippen LogP contribution in [0.3, 0.4) is 0 Å². The predicted molar refractivity (Wildman–Crippen MR) is 37.2 cm³/mol. The molecule has 1 atom stereocenters. The molecule has 0 heterocycles. The first-order valence-electron chi connectivity index (χ1n) is 3.80. The summed E-state index contributed by atoms with van der Waals surface area (Å²) in [4.78, 5) is 10.3. The van der Waals surface area contributed by atoms with Crippen molar-refractivity contribution in [1.82, 2.24) is 0 Å². The Hall–Kier alpha value is -0.330. The summed E-state index contributed by atoms with van der Waals surface area (Å²) in [6, 6.07) is 0. The monoisotopic (exact) mass is 126 g/mol. The summed E-state index contributed by atoms with van der Waals surface area (Å²) in [6.07, 6.45) is 6.32. The fourth-order valence-electron chi connectivity index (χ4n) is 1.59. The van der Waals surface area contributed by atoms with E-state index < -0.39 is 0 Å². The standard InChI is InChI=1S/C8H14O/c1-7(6-9)8-4-2-3-5-8/h6-8H,2-5H2,1H3/t7-/m0/s1. The lowest BCUT2D eigenvalue weighted by atomic mass is 9.94. The molecule has 0 saturated heterocycles. The Bertz CT molecular complexity index is 92.7. The summed E-state index contributed by atoms with van der Waals surface area (Å²) in [5.41, 5.74) is 0. The Morgan fingerprint density at radius 3 is 2.44 bits per heavy atom. The smallest absolute Gasteiger partial charge is 0.123 e. The van der Waals surface area contributed by atoms with Crippen molar-refractivity contribution in [2.45, 2.75) is 32.6 Å². The van der Waals surface area contributed by atoms with E-state index in [1.165, 1.54) is 25.7 Å². The molecule has 0 aromatic carbocycles. The topological polar surface area (TPSA) is 17.1 Å². The highest BCUT2D eigenvalue weighted by molar-refractivity contribution is 5.53. The molecule has 0 amide bonds. The van der Waals surface area contributed by atoms with Gasteiger partial charge in [-0.05, 0) is 18.8 Å². The quantitative estimate of drug-likeness (QED) is 0.517. The third-order valence-corrected chi connectivity index (χ3v) is 2.36. The van der Waals surface area contributed by atoms with Crippen LogP contribution in [0.1, 0.15) is 32.6 Å². The number of carbonyl (C=O) groups excluding carboxylic acids is 1. The maximum Gasteiger partial charge on any atom is 0.123 e. The van der Waals surface area contributed by atoms with Gasteiger partial charge in [0.05, 0.1) is 0 Å². The summed E-state index contributed by atoms with van der Waals surface area (Å²) in [5.74, 6) is 1.02. The largest absolute Gasteiger partial charge is 0.303 e. The van der Waals surface area contributed by atoms with Crippen molar-refractivity contribution in [2.24, 2.45) is 11.8 Å². The second-order valence-electron chi connectivity index (χ2n) is 3.04. The molecule has 0 aromatic rings. The average Bonchev–Trinajstić information content (AvgIpc) is 2.37. The molecule has 0 unspecified atom stereocenters. The fraction of sp³-hybridized carbons (Fsp3) is 0.875. The molecule has 52 valence electrons. The number of carbonyl (C=O) groups is 1. The molecule has 1 saturated carbocycles. The van der Waals surface area contributed by atoms with Crippen LogP contribution in [0.25, 0.3) is 0 Å². The molecule has 0 bridgehead atoms. The minimum absolute atomic E-state index is 0.312. The van der Waals surface area contributed by atoms with Crippen molar-refractivity contribution < 1.29 is 4.79 Å². The highest BCUT2D eigenvalue weighted by atomic mass is 16.1. The Morgan fingerprint density at radius 2 is 2.00 bits per heavy atom. The van der Waals surface area contributed by atoms with Crippen molar-refractivity contribution in [1.29, 1.82) is 0 Å². The summed E-state index contributed by atoms with van der Waals surface area (Å²) in [7, 11) is 0. The van der Waals surface area contributed by atoms with Gasteiger partial charge in [0.1, 0.15) is 6.29 Å². The van der Waals surface area contributed by atoms with Crippen molar-refractivity contribution in [3.05, 3.63) is 0 Å². The van der Waals surface area contributed by atoms with Gasteiger partial charge in [0.15, 0.2) is 0 Å². The van der Waals surface area contributed by atoms with E-state index in [2.05, 4.69) is 0 Å². The molecule has 1 rings (SSSR count). The van der Waals surface area contributed by atoms with Crippen LogP contribution in [0, 0.1) is 11.8 Å². The van der Waals surface area contributed by atoms with Crippen LogP contribution < -0.4 is 0 Å². The van der Waals surface area contributed by atoms with Gasteiger partial charge in [0.25, 0.3) is 0 Å². The second kappa shape index (κ2) is 3.00. The van der Waals surface area contributed by atoms with Crippen LogP contribution in [0.15, 0.2) is 0 Å². The zero-order chi connectivity index (χ0) is 6.69. The van der Waals surface area contributed by atoms with Crippen molar-refractivity contribution in [2.75, 3.05) is 0 Å². The van der Waals surface area contributed by atoms with Gasteiger partial charge in [-0.3, -0.25) is 0 Å². The van der Waals surface area contributed by atoms with Gasteiger partial charge in [-0.2, -0.15) is 0 Å². The van der Waals surface area contributed by atoms with E-state index >= 15 is 0 Å². The highest BCUT2D eigenvalue weighted by Gasteiger charge is 2.20. The predicted octanol–water partition coefficient (Wildman–Crippen LogP) is 2.01. The molecule has 0 radical (unpaired) electrons. The van der Waals surface area contributed by atoms with E-state index in [4.69, 9.17) is 0 Å². The van der Waals surface area contributed by atoms with E-state index in [0.717, 1.165) is 6.29 Å². The maximum atomic E-state index is 10.3.